The van der Waals surface area contributed by atoms with E-state index in [-0.39, 0.29) is 5.91 Å². The van der Waals surface area contributed by atoms with E-state index in [0.29, 0.717) is 11.6 Å². The van der Waals surface area contributed by atoms with E-state index in [1.807, 2.05) is 13.8 Å². The fraction of sp³-hybridized carbons (Fsp3) is 0.667. The van der Waals surface area contributed by atoms with E-state index in [2.05, 4.69) is 22.4 Å². The van der Waals surface area contributed by atoms with Crippen LogP contribution in [0.1, 0.15) is 47.9 Å². The van der Waals surface area contributed by atoms with Crippen molar-refractivity contribution in [2.24, 2.45) is 5.92 Å². The lowest BCUT2D eigenvalue weighted by atomic mass is 10.1. The van der Waals surface area contributed by atoms with Crippen molar-refractivity contribution in [2.45, 2.75) is 46.1 Å². The molecule has 0 aliphatic heterocycles. The first-order chi connectivity index (χ1) is 7.58. The lowest BCUT2D eigenvalue weighted by molar-refractivity contribution is 0.0936. The van der Waals surface area contributed by atoms with Gasteiger partial charge < -0.3 is 5.32 Å². The molecule has 0 saturated heterocycles. The fourth-order valence-corrected chi connectivity index (χ4v) is 2.48. The van der Waals surface area contributed by atoms with Crippen molar-refractivity contribution in [3.8, 4) is 0 Å². The van der Waals surface area contributed by atoms with Gasteiger partial charge in [0.15, 0.2) is 0 Å². The van der Waals surface area contributed by atoms with Gasteiger partial charge in [-0.2, -0.15) is 5.10 Å². The Kier molecular flexibility index (Phi) is 2.99. The molecule has 1 amide bonds. The predicted octanol–water partition coefficient (Wildman–Crippen LogP) is 1.94. The van der Waals surface area contributed by atoms with Crippen molar-refractivity contribution >= 4 is 5.91 Å². The molecular weight excluding hydrogens is 202 g/mol. The van der Waals surface area contributed by atoms with Crippen LogP contribution in [0, 0.1) is 19.8 Å². The van der Waals surface area contributed by atoms with E-state index in [4.69, 9.17) is 0 Å². The highest BCUT2D eigenvalue weighted by Crippen LogP contribution is 2.25. The fourth-order valence-electron chi connectivity index (χ4n) is 2.48. The number of amides is 1. The lowest BCUT2D eigenvalue weighted by Gasteiger charge is -2.12. The quantitative estimate of drug-likeness (QED) is 0.802. The van der Waals surface area contributed by atoms with E-state index in [1.54, 1.807) is 0 Å². The molecule has 1 fully saturated rings. The van der Waals surface area contributed by atoms with Gasteiger partial charge >= 0.3 is 0 Å². The van der Waals surface area contributed by atoms with Crippen LogP contribution in [-0.2, 0) is 0 Å². The summed E-state index contributed by atoms with van der Waals surface area (Å²) < 4.78 is 0. The molecule has 0 bridgehead atoms. The molecule has 1 aliphatic rings. The Morgan fingerprint density at radius 3 is 2.69 bits per heavy atom. The first-order valence-corrected chi connectivity index (χ1v) is 5.90. The molecule has 4 nitrogen and oxygen atoms in total. The van der Waals surface area contributed by atoms with Crippen LogP contribution in [-0.4, -0.2) is 22.1 Å². The zero-order valence-corrected chi connectivity index (χ0v) is 10.1. The number of nitrogens with one attached hydrogen (secondary N) is 2. The third-order valence-electron chi connectivity index (χ3n) is 3.39. The molecule has 2 rings (SSSR count). The highest BCUT2D eigenvalue weighted by atomic mass is 16.1. The molecule has 2 atom stereocenters. The SMILES string of the molecule is Cc1n[nH]c(C)c1C(=O)NC1CCC(C)C1. The summed E-state index contributed by atoms with van der Waals surface area (Å²) in [6, 6.07) is 0.344. The number of carbonyl (C=O) groups excluding carboxylic acids is 1. The van der Waals surface area contributed by atoms with Gasteiger partial charge in [0.1, 0.15) is 0 Å². The predicted molar refractivity (Wildman–Crippen MR) is 62.3 cm³/mol. The van der Waals surface area contributed by atoms with Crippen molar-refractivity contribution in [2.75, 3.05) is 0 Å². The van der Waals surface area contributed by atoms with Crippen LogP contribution < -0.4 is 5.32 Å². The molecule has 88 valence electrons. The zero-order valence-electron chi connectivity index (χ0n) is 10.1. The second-order valence-corrected chi connectivity index (χ2v) is 4.90. The lowest BCUT2D eigenvalue weighted by Crippen LogP contribution is -2.33. The summed E-state index contributed by atoms with van der Waals surface area (Å²) in [5, 5.41) is 9.98. The number of aromatic nitrogens is 2. The van der Waals surface area contributed by atoms with Crippen LogP contribution in [0.5, 0.6) is 0 Å². The Hall–Kier alpha value is -1.32. The van der Waals surface area contributed by atoms with Gasteiger partial charge in [-0.3, -0.25) is 9.89 Å². The molecular formula is C12H19N3O. The summed E-state index contributed by atoms with van der Waals surface area (Å²) in [5.41, 5.74) is 2.33. The van der Waals surface area contributed by atoms with E-state index < -0.39 is 0 Å². The zero-order chi connectivity index (χ0) is 11.7. The van der Waals surface area contributed by atoms with Gasteiger partial charge in [0.25, 0.3) is 5.91 Å². The summed E-state index contributed by atoms with van der Waals surface area (Å²) in [6.45, 7) is 5.97. The Morgan fingerprint density at radius 2 is 2.19 bits per heavy atom. The third-order valence-corrected chi connectivity index (χ3v) is 3.39. The van der Waals surface area contributed by atoms with Crippen molar-refractivity contribution in [3.63, 3.8) is 0 Å². The van der Waals surface area contributed by atoms with Gasteiger partial charge in [-0.25, -0.2) is 0 Å². The summed E-state index contributed by atoms with van der Waals surface area (Å²) in [7, 11) is 0. The monoisotopic (exact) mass is 221 g/mol. The van der Waals surface area contributed by atoms with E-state index in [1.165, 1.54) is 6.42 Å². The standard InChI is InChI=1S/C12H19N3O/c1-7-4-5-10(6-7)13-12(16)11-8(2)14-15-9(11)3/h7,10H,4-6H2,1-3H3,(H,13,16)(H,14,15). The molecule has 2 N–H and O–H groups in total. The highest BCUT2D eigenvalue weighted by Gasteiger charge is 2.24. The molecule has 0 aromatic carbocycles. The van der Waals surface area contributed by atoms with Gasteiger partial charge in [-0.1, -0.05) is 6.92 Å². The van der Waals surface area contributed by atoms with Crippen molar-refractivity contribution in [3.05, 3.63) is 17.0 Å². The minimum atomic E-state index is 0.0165. The molecule has 1 heterocycles. The molecule has 1 aromatic heterocycles. The average molecular weight is 221 g/mol. The van der Waals surface area contributed by atoms with Gasteiger partial charge in [0.05, 0.1) is 11.3 Å². The molecule has 1 aliphatic carbocycles. The van der Waals surface area contributed by atoms with Crippen LogP contribution in [0.2, 0.25) is 0 Å². The maximum absolute atomic E-state index is 12.0. The highest BCUT2D eigenvalue weighted by molar-refractivity contribution is 5.96. The molecule has 4 heteroatoms. The summed E-state index contributed by atoms with van der Waals surface area (Å²) in [4.78, 5) is 12.0. The summed E-state index contributed by atoms with van der Waals surface area (Å²) >= 11 is 0. The van der Waals surface area contributed by atoms with Crippen LogP contribution in [0.25, 0.3) is 0 Å². The molecule has 2 unspecified atom stereocenters. The average Bonchev–Trinajstić information content (AvgIpc) is 2.74. The van der Waals surface area contributed by atoms with Gasteiger partial charge in [-0.15, -0.1) is 0 Å². The van der Waals surface area contributed by atoms with E-state index in [9.17, 15) is 4.79 Å². The van der Waals surface area contributed by atoms with Crippen molar-refractivity contribution in [1.29, 1.82) is 0 Å². The van der Waals surface area contributed by atoms with Gasteiger partial charge in [0, 0.05) is 11.7 Å². The van der Waals surface area contributed by atoms with Gasteiger partial charge in [-0.05, 0) is 39.0 Å². The summed E-state index contributed by atoms with van der Waals surface area (Å²) in [6.07, 6.45) is 3.42. The molecule has 16 heavy (non-hydrogen) atoms. The summed E-state index contributed by atoms with van der Waals surface area (Å²) in [5.74, 6) is 0.750. The number of rotatable bonds is 2. The molecule has 0 spiro atoms. The van der Waals surface area contributed by atoms with Crippen LogP contribution in [0.4, 0.5) is 0 Å². The topological polar surface area (TPSA) is 57.8 Å². The second-order valence-electron chi connectivity index (χ2n) is 4.90. The number of H-pyrrole nitrogens is 1. The van der Waals surface area contributed by atoms with E-state index >= 15 is 0 Å². The Balaban J connectivity index is 2.03. The maximum atomic E-state index is 12.0. The van der Waals surface area contributed by atoms with Crippen LogP contribution in [0.15, 0.2) is 0 Å². The maximum Gasteiger partial charge on any atom is 0.255 e. The first-order valence-electron chi connectivity index (χ1n) is 5.90. The number of hydrogen-bond donors (Lipinski definition) is 2. The second kappa shape index (κ2) is 4.28. The first kappa shape index (κ1) is 11.2. The minimum Gasteiger partial charge on any atom is -0.349 e. The number of carbonyl (C=O) groups is 1. The van der Waals surface area contributed by atoms with Crippen LogP contribution >= 0.6 is 0 Å². The molecule has 0 radical (unpaired) electrons. The number of nitrogens with zero attached hydrogens (tertiary/aromatic N) is 1. The van der Waals surface area contributed by atoms with Crippen LogP contribution in [0.3, 0.4) is 0 Å². The Bertz CT molecular complexity index is 377. The van der Waals surface area contributed by atoms with Gasteiger partial charge in [0.2, 0.25) is 0 Å². The third kappa shape index (κ3) is 2.10. The van der Waals surface area contributed by atoms with Crippen molar-refractivity contribution < 1.29 is 4.79 Å². The number of hydrogen-bond acceptors (Lipinski definition) is 2. The number of aromatic amines is 1. The normalized spacial score (nSPS) is 24.7. The van der Waals surface area contributed by atoms with Crippen molar-refractivity contribution in [1.82, 2.24) is 15.5 Å². The largest absolute Gasteiger partial charge is 0.349 e. The molecule has 1 saturated carbocycles. The molecule has 1 aromatic rings. The Labute approximate surface area is 95.8 Å². The number of aryl methyl sites for hydroxylation is 2. The smallest absolute Gasteiger partial charge is 0.255 e. The van der Waals surface area contributed by atoms with E-state index in [0.717, 1.165) is 30.1 Å². The Morgan fingerprint density at radius 1 is 1.44 bits per heavy atom. The minimum absolute atomic E-state index is 0.0165.